The molecule has 3 N–H and O–H groups in total. The Hall–Kier alpha value is -2.14. The van der Waals surface area contributed by atoms with Crippen LogP contribution < -0.4 is 5.32 Å². The molecular formula is C14H17NO4. The van der Waals surface area contributed by atoms with E-state index in [1.165, 1.54) is 13.8 Å². The van der Waals surface area contributed by atoms with Gasteiger partial charge in [-0.3, -0.25) is 4.79 Å². The number of hydrogen-bond acceptors (Lipinski definition) is 3. The fourth-order valence-corrected chi connectivity index (χ4v) is 1.52. The molecule has 1 atom stereocenters. The van der Waals surface area contributed by atoms with Crippen molar-refractivity contribution in [2.75, 3.05) is 6.61 Å². The van der Waals surface area contributed by atoms with E-state index in [2.05, 4.69) is 5.32 Å². The molecule has 5 nitrogen and oxygen atoms in total. The maximum Gasteiger partial charge on any atom is 0.331 e. The first kappa shape index (κ1) is 14.9. The number of carboxylic acid groups (broad SMARTS) is 1. The van der Waals surface area contributed by atoms with Crippen molar-refractivity contribution in [1.29, 1.82) is 0 Å². The molecule has 0 bridgehead atoms. The summed E-state index contributed by atoms with van der Waals surface area (Å²) < 4.78 is 0. The molecule has 1 amide bonds. The van der Waals surface area contributed by atoms with Gasteiger partial charge in [-0.1, -0.05) is 30.3 Å². The van der Waals surface area contributed by atoms with Crippen LogP contribution in [0.3, 0.4) is 0 Å². The summed E-state index contributed by atoms with van der Waals surface area (Å²) in [6.07, 6.45) is 0. The van der Waals surface area contributed by atoms with Crippen molar-refractivity contribution >= 4 is 11.9 Å². The summed E-state index contributed by atoms with van der Waals surface area (Å²) in [6, 6.07) is 8.45. The smallest absolute Gasteiger partial charge is 0.331 e. The van der Waals surface area contributed by atoms with Crippen LogP contribution in [0.5, 0.6) is 0 Å². The molecule has 0 aliphatic rings. The van der Waals surface area contributed by atoms with Crippen LogP contribution in [-0.4, -0.2) is 28.7 Å². The molecular weight excluding hydrogens is 246 g/mol. The second-order valence-corrected chi connectivity index (χ2v) is 4.17. The van der Waals surface area contributed by atoms with E-state index in [1.807, 2.05) is 6.07 Å². The molecule has 1 rings (SSSR count). The van der Waals surface area contributed by atoms with E-state index in [-0.39, 0.29) is 17.8 Å². The summed E-state index contributed by atoms with van der Waals surface area (Å²) in [7, 11) is 0. The zero-order valence-electron chi connectivity index (χ0n) is 10.9. The van der Waals surface area contributed by atoms with Gasteiger partial charge in [-0.25, -0.2) is 4.79 Å². The Balaban J connectivity index is 2.86. The molecule has 0 fully saturated rings. The van der Waals surface area contributed by atoms with Gasteiger partial charge in [-0.2, -0.15) is 0 Å². The lowest BCUT2D eigenvalue weighted by Gasteiger charge is -2.17. The summed E-state index contributed by atoms with van der Waals surface area (Å²) in [4.78, 5) is 22.7. The Kier molecular flexibility index (Phi) is 5.26. The zero-order chi connectivity index (χ0) is 14.4. The van der Waals surface area contributed by atoms with Gasteiger partial charge in [0, 0.05) is 11.1 Å². The van der Waals surface area contributed by atoms with Crippen molar-refractivity contribution < 1.29 is 19.8 Å². The molecule has 0 aliphatic carbocycles. The fraction of sp³-hybridized carbons (Fsp3) is 0.286. The summed E-state index contributed by atoms with van der Waals surface area (Å²) in [5.41, 5.74) is 0.878. The Bertz CT molecular complexity index is 493. The molecule has 1 aromatic rings. The van der Waals surface area contributed by atoms with Crippen molar-refractivity contribution in [3.8, 4) is 0 Å². The van der Waals surface area contributed by atoms with Crippen LogP contribution in [-0.2, 0) is 9.59 Å². The lowest BCUT2D eigenvalue weighted by atomic mass is 10.1. The molecule has 0 saturated carbocycles. The molecule has 0 spiro atoms. The number of aliphatic hydroxyl groups excluding tert-OH is 1. The minimum atomic E-state index is -1.13. The summed E-state index contributed by atoms with van der Waals surface area (Å²) >= 11 is 0. The molecule has 102 valence electrons. The molecule has 0 radical (unpaired) electrons. The second-order valence-electron chi connectivity index (χ2n) is 4.17. The highest BCUT2D eigenvalue weighted by Gasteiger charge is 2.17. The highest BCUT2D eigenvalue weighted by atomic mass is 16.4. The van der Waals surface area contributed by atoms with E-state index < -0.39 is 17.9 Å². The van der Waals surface area contributed by atoms with Crippen molar-refractivity contribution in [3.05, 3.63) is 47.0 Å². The largest absolute Gasteiger partial charge is 0.478 e. The van der Waals surface area contributed by atoms with Gasteiger partial charge in [0.05, 0.1) is 12.6 Å². The van der Waals surface area contributed by atoms with E-state index in [4.69, 9.17) is 5.11 Å². The number of hydrogen-bond donors (Lipinski definition) is 3. The predicted molar refractivity (Wildman–Crippen MR) is 70.4 cm³/mol. The maximum absolute atomic E-state index is 11.9. The van der Waals surface area contributed by atoms with Crippen molar-refractivity contribution in [2.45, 2.75) is 19.9 Å². The number of nitrogens with one attached hydrogen (secondary N) is 1. The monoisotopic (exact) mass is 263 g/mol. The van der Waals surface area contributed by atoms with Gasteiger partial charge in [-0.15, -0.1) is 0 Å². The first-order chi connectivity index (χ1) is 8.97. The van der Waals surface area contributed by atoms with Gasteiger partial charge < -0.3 is 15.5 Å². The minimum Gasteiger partial charge on any atom is -0.478 e. The number of aliphatic hydroxyl groups is 1. The van der Waals surface area contributed by atoms with E-state index in [0.29, 0.717) is 0 Å². The summed E-state index contributed by atoms with van der Waals surface area (Å²) in [5, 5.41) is 20.7. The lowest BCUT2D eigenvalue weighted by Crippen LogP contribution is -2.32. The molecule has 0 unspecified atom stereocenters. The number of aliphatic carboxylic acids is 1. The van der Waals surface area contributed by atoms with E-state index >= 15 is 0 Å². The number of carbonyl (C=O) groups is 2. The average molecular weight is 263 g/mol. The van der Waals surface area contributed by atoms with Gasteiger partial charge in [-0.05, 0) is 19.4 Å². The molecule has 0 heterocycles. The lowest BCUT2D eigenvalue weighted by molar-refractivity contribution is -0.133. The Morgan fingerprint density at radius 1 is 1.16 bits per heavy atom. The first-order valence-electron chi connectivity index (χ1n) is 5.84. The van der Waals surface area contributed by atoms with Crippen LogP contribution in [0.1, 0.15) is 25.5 Å². The molecule has 0 aliphatic heterocycles. The van der Waals surface area contributed by atoms with Crippen LogP contribution in [0.2, 0.25) is 0 Å². The fourth-order valence-electron chi connectivity index (χ4n) is 1.52. The molecule has 19 heavy (non-hydrogen) atoms. The van der Waals surface area contributed by atoms with E-state index in [1.54, 1.807) is 24.3 Å². The number of carboxylic acids is 1. The highest BCUT2D eigenvalue weighted by molar-refractivity contribution is 6.01. The summed E-state index contributed by atoms with van der Waals surface area (Å²) in [5.74, 6) is -1.63. The third-order valence-corrected chi connectivity index (χ3v) is 2.91. The summed E-state index contributed by atoms with van der Waals surface area (Å²) in [6.45, 7) is 2.56. The zero-order valence-corrected chi connectivity index (χ0v) is 10.9. The minimum absolute atomic E-state index is 0.0118. The Morgan fingerprint density at radius 3 is 2.21 bits per heavy atom. The van der Waals surface area contributed by atoms with Crippen molar-refractivity contribution in [1.82, 2.24) is 5.32 Å². The molecule has 1 aromatic carbocycles. The molecule has 0 saturated heterocycles. The van der Waals surface area contributed by atoms with Gasteiger partial charge >= 0.3 is 5.97 Å². The Morgan fingerprint density at radius 2 is 1.74 bits per heavy atom. The standard InChI is InChI=1S/C14H17NO4/c1-9(10(2)14(18)19)13(17)15-12(8-16)11-6-4-3-5-7-11/h3-7,12,16H,8H2,1-2H3,(H,15,17)(H,18,19)/b10-9+/t12-/m1/s1. The quantitative estimate of drug-likeness (QED) is 0.698. The number of benzene rings is 1. The van der Waals surface area contributed by atoms with Gasteiger partial charge in [0.2, 0.25) is 5.91 Å². The molecule has 0 aromatic heterocycles. The van der Waals surface area contributed by atoms with Crippen LogP contribution in [0, 0.1) is 0 Å². The van der Waals surface area contributed by atoms with E-state index in [0.717, 1.165) is 5.56 Å². The van der Waals surface area contributed by atoms with Crippen molar-refractivity contribution in [3.63, 3.8) is 0 Å². The van der Waals surface area contributed by atoms with Crippen LogP contribution in [0.25, 0.3) is 0 Å². The van der Waals surface area contributed by atoms with Gasteiger partial charge in [0.1, 0.15) is 0 Å². The SMILES string of the molecule is C/C(C(=O)O)=C(/C)C(=O)N[C@H](CO)c1ccccc1. The third kappa shape index (κ3) is 3.93. The number of carbonyl (C=O) groups excluding carboxylic acids is 1. The first-order valence-corrected chi connectivity index (χ1v) is 5.84. The maximum atomic E-state index is 11.9. The average Bonchev–Trinajstić information content (AvgIpc) is 2.43. The van der Waals surface area contributed by atoms with Gasteiger partial charge in [0.25, 0.3) is 0 Å². The topological polar surface area (TPSA) is 86.6 Å². The molecule has 5 heteroatoms. The third-order valence-electron chi connectivity index (χ3n) is 2.91. The predicted octanol–water partition coefficient (Wildman–Crippen LogP) is 1.26. The number of amides is 1. The van der Waals surface area contributed by atoms with Crippen molar-refractivity contribution in [2.24, 2.45) is 0 Å². The Labute approximate surface area is 111 Å². The van der Waals surface area contributed by atoms with Gasteiger partial charge in [0.15, 0.2) is 0 Å². The number of rotatable bonds is 5. The normalized spacial score (nSPS) is 13.4. The van der Waals surface area contributed by atoms with Crippen LogP contribution in [0.4, 0.5) is 0 Å². The van der Waals surface area contributed by atoms with E-state index in [9.17, 15) is 14.7 Å². The second kappa shape index (κ2) is 6.70. The van der Waals surface area contributed by atoms with Crippen LogP contribution >= 0.6 is 0 Å². The van der Waals surface area contributed by atoms with Crippen LogP contribution in [0.15, 0.2) is 41.5 Å². The highest BCUT2D eigenvalue weighted by Crippen LogP contribution is 2.13.